The van der Waals surface area contributed by atoms with Crippen LogP contribution in [0, 0.1) is 5.92 Å². The van der Waals surface area contributed by atoms with Crippen molar-refractivity contribution in [1.29, 1.82) is 0 Å². The Morgan fingerprint density at radius 3 is 2.60 bits per heavy atom. The Kier molecular flexibility index (Phi) is 6.30. The number of β-lactam (4-membered cyclic amide) rings is 1. The summed E-state index contributed by atoms with van der Waals surface area (Å²) in [6.45, 7) is -0.180. The molecule has 1 amide bonds. The van der Waals surface area contributed by atoms with Crippen molar-refractivity contribution in [3.05, 3.63) is 23.0 Å². The number of rotatable bonds is 11. The second kappa shape index (κ2) is 8.95. The lowest BCUT2D eigenvalue weighted by Gasteiger charge is -2.43. The third-order valence-electron chi connectivity index (χ3n) is 5.53. The normalized spacial score (nSPS) is 21.5. The molecule has 2 fully saturated rings. The minimum Gasteiger partial charge on any atom is -0.478 e. The maximum absolute atomic E-state index is 13.1. The molecule has 1 saturated heterocycles. The molecular formula is C17H20N8O8S2. The van der Waals surface area contributed by atoms with E-state index in [4.69, 9.17) is 16.3 Å². The number of nitrogen functional groups attached to an aromatic ring is 1. The molecule has 0 spiro atoms. The van der Waals surface area contributed by atoms with E-state index < -0.39 is 51.9 Å². The molecule has 2 aliphatic rings. The summed E-state index contributed by atoms with van der Waals surface area (Å²) in [5, 5.41) is 22.5. The monoisotopic (exact) mass is 528 g/mol. The molecule has 35 heavy (non-hydrogen) atoms. The minimum absolute atomic E-state index is 0.00924. The van der Waals surface area contributed by atoms with Gasteiger partial charge < -0.3 is 21.4 Å². The summed E-state index contributed by atoms with van der Waals surface area (Å²) in [6, 6.07) is -1.18. The first kappa shape index (κ1) is 24.6. The smallest absolute Gasteiger partial charge is 0.362 e. The third kappa shape index (κ3) is 4.85. The van der Waals surface area contributed by atoms with Crippen LogP contribution in [0.25, 0.3) is 0 Å². The van der Waals surface area contributed by atoms with Gasteiger partial charge >= 0.3 is 16.3 Å². The van der Waals surface area contributed by atoms with Gasteiger partial charge in [0.05, 0.1) is 30.4 Å². The zero-order valence-corrected chi connectivity index (χ0v) is 19.5. The van der Waals surface area contributed by atoms with Gasteiger partial charge in [-0.15, -0.1) is 11.3 Å². The quantitative estimate of drug-likeness (QED) is 0.111. The number of oxime groups is 1. The van der Waals surface area contributed by atoms with Gasteiger partial charge in [0.1, 0.15) is 5.69 Å². The molecule has 2 aromatic rings. The molecule has 16 nitrogen and oxygen atoms in total. The van der Waals surface area contributed by atoms with Crippen molar-refractivity contribution in [2.75, 3.05) is 5.73 Å². The van der Waals surface area contributed by atoms with Crippen LogP contribution < -0.4 is 11.5 Å². The number of anilines is 1. The molecule has 1 aliphatic carbocycles. The Bertz CT molecular complexity index is 1310. The van der Waals surface area contributed by atoms with Crippen LogP contribution in [0.1, 0.15) is 30.7 Å². The van der Waals surface area contributed by atoms with E-state index in [2.05, 4.69) is 20.3 Å². The van der Waals surface area contributed by atoms with Crippen molar-refractivity contribution in [2.24, 2.45) is 16.8 Å². The van der Waals surface area contributed by atoms with Gasteiger partial charge in [-0.3, -0.25) is 14.1 Å². The van der Waals surface area contributed by atoms with Crippen LogP contribution in [0.15, 0.2) is 16.7 Å². The zero-order chi connectivity index (χ0) is 25.5. The molecule has 2 aromatic heterocycles. The fourth-order valence-corrected chi connectivity index (χ4v) is 4.95. The summed E-state index contributed by atoms with van der Waals surface area (Å²) < 4.78 is 33.2. The average molecular weight is 529 g/mol. The molecule has 4 rings (SSSR count). The molecular weight excluding hydrogens is 508 g/mol. The van der Waals surface area contributed by atoms with Crippen LogP contribution in [-0.4, -0.2) is 77.4 Å². The molecule has 1 aliphatic heterocycles. The number of thiazole rings is 1. The predicted octanol–water partition coefficient (Wildman–Crippen LogP) is -1.60. The fraction of sp³-hybridized carbons (Fsp3) is 0.471. The molecule has 188 valence electrons. The molecule has 18 heteroatoms. The highest BCUT2D eigenvalue weighted by Gasteiger charge is 2.56. The number of aliphatic carboxylic acids is 1. The van der Waals surface area contributed by atoms with Crippen LogP contribution >= 0.6 is 11.3 Å². The van der Waals surface area contributed by atoms with Gasteiger partial charge in [0, 0.05) is 31.2 Å². The summed E-state index contributed by atoms with van der Waals surface area (Å²) in [5.74, 6) is -4.22. The first-order valence-corrected chi connectivity index (χ1v) is 12.4. The lowest BCUT2D eigenvalue weighted by atomic mass is 9.84. The van der Waals surface area contributed by atoms with Crippen molar-refractivity contribution in [3.8, 4) is 0 Å². The van der Waals surface area contributed by atoms with Crippen LogP contribution in [0.4, 0.5) is 5.13 Å². The summed E-state index contributed by atoms with van der Waals surface area (Å²) in [7, 11) is -4.92. The highest BCUT2D eigenvalue weighted by Crippen LogP contribution is 2.40. The number of amides is 1. The fourth-order valence-electron chi connectivity index (χ4n) is 3.49. The Hall–Kier alpha value is -3.48. The maximum Gasteiger partial charge on any atom is 0.362 e. The molecule has 1 saturated carbocycles. The number of aromatic nitrogens is 4. The van der Waals surface area contributed by atoms with Crippen molar-refractivity contribution in [3.63, 3.8) is 0 Å². The van der Waals surface area contributed by atoms with Crippen LogP contribution in [0.2, 0.25) is 0 Å². The Balaban J connectivity index is 1.58. The van der Waals surface area contributed by atoms with E-state index in [1.807, 2.05) is 0 Å². The number of hydrogen-bond donors (Lipinski definition) is 4. The second-order valence-corrected chi connectivity index (χ2v) is 10.1. The van der Waals surface area contributed by atoms with Gasteiger partial charge in [-0.05, 0) is 0 Å². The molecule has 0 bridgehead atoms. The van der Waals surface area contributed by atoms with Gasteiger partial charge in [0.15, 0.2) is 16.6 Å². The summed E-state index contributed by atoms with van der Waals surface area (Å²) in [5.41, 5.74) is 9.62. The summed E-state index contributed by atoms with van der Waals surface area (Å²) in [6.07, 6.45) is 1.20. The molecule has 2 atom stereocenters. The highest BCUT2D eigenvalue weighted by atomic mass is 32.2. The van der Waals surface area contributed by atoms with Crippen LogP contribution in [0.5, 0.6) is 0 Å². The number of hydrogen-bond acceptors (Lipinski definition) is 13. The molecule has 0 radical (unpaired) electrons. The van der Waals surface area contributed by atoms with Crippen LogP contribution in [-0.2, 0) is 42.6 Å². The number of carbonyl (C=O) groups is 3. The minimum atomic E-state index is -4.92. The third-order valence-corrected chi connectivity index (χ3v) is 7.15. The Morgan fingerprint density at radius 1 is 1.37 bits per heavy atom. The van der Waals surface area contributed by atoms with E-state index in [0.29, 0.717) is 5.69 Å². The number of Topliss-reactive ketones (excluding diaryl/α,β-unsaturated/α-hetero) is 1. The molecule has 6 N–H and O–H groups in total. The number of carboxylic acid groups (broad SMARTS) is 1. The maximum atomic E-state index is 13.1. The van der Waals surface area contributed by atoms with E-state index in [0.717, 1.165) is 16.1 Å². The van der Waals surface area contributed by atoms with E-state index in [1.165, 1.54) is 11.6 Å². The molecule has 0 unspecified atom stereocenters. The number of ketones is 1. The Labute approximate surface area is 201 Å². The first-order valence-electron chi connectivity index (χ1n) is 10.1. The van der Waals surface area contributed by atoms with Crippen molar-refractivity contribution < 1.29 is 37.3 Å². The van der Waals surface area contributed by atoms with Crippen LogP contribution in [0.3, 0.4) is 0 Å². The highest BCUT2D eigenvalue weighted by molar-refractivity contribution is 7.84. The summed E-state index contributed by atoms with van der Waals surface area (Å²) in [4.78, 5) is 47.3. The lowest BCUT2D eigenvalue weighted by molar-refractivity contribution is -0.153. The molecule has 0 aromatic carbocycles. The lowest BCUT2D eigenvalue weighted by Crippen LogP contribution is -2.64. The number of carboxylic acids is 1. The van der Waals surface area contributed by atoms with Crippen molar-refractivity contribution in [2.45, 2.75) is 44.0 Å². The van der Waals surface area contributed by atoms with Crippen molar-refractivity contribution >= 4 is 50.1 Å². The van der Waals surface area contributed by atoms with Gasteiger partial charge in [-0.2, -0.15) is 23.4 Å². The van der Waals surface area contributed by atoms with Gasteiger partial charge in [0.25, 0.3) is 0 Å². The standard InChI is InChI=1S/C17H20N8O8S2/c18-4-8-5-20-24(22-8)6-11-9(14(27)25(11)35(30,31)32)3-12(26)13(10-7-34-16(19)21-10)23-33-17(1-2-17)15(28)29/h5,7,9,11H,1-4,6,18H2,(H2,19,21)(H,28,29)(H,30,31,32)/b23-13-/t9-,11+/m0/s1. The van der Waals surface area contributed by atoms with E-state index in [1.54, 1.807) is 0 Å². The van der Waals surface area contributed by atoms with Gasteiger partial charge in [-0.25, -0.2) is 14.1 Å². The number of nitrogens with two attached hydrogens (primary N) is 2. The first-order chi connectivity index (χ1) is 16.4. The van der Waals surface area contributed by atoms with Gasteiger partial charge in [0.2, 0.25) is 11.5 Å². The van der Waals surface area contributed by atoms with E-state index >= 15 is 0 Å². The summed E-state index contributed by atoms with van der Waals surface area (Å²) >= 11 is 0.999. The predicted molar refractivity (Wildman–Crippen MR) is 117 cm³/mol. The number of carbonyl (C=O) groups excluding carboxylic acids is 2. The van der Waals surface area contributed by atoms with Crippen molar-refractivity contribution in [1.82, 2.24) is 24.3 Å². The van der Waals surface area contributed by atoms with Gasteiger partial charge in [-0.1, -0.05) is 5.16 Å². The zero-order valence-electron chi connectivity index (χ0n) is 17.8. The Morgan fingerprint density at radius 2 is 2.09 bits per heavy atom. The number of nitrogens with zero attached hydrogens (tertiary/aromatic N) is 6. The topological polar surface area (TPSA) is 246 Å². The second-order valence-electron chi connectivity index (χ2n) is 7.91. The largest absolute Gasteiger partial charge is 0.478 e. The average Bonchev–Trinajstić information content (AvgIpc) is 3.23. The SMILES string of the molecule is NCc1cnn(C[C@@H]2[C@H](CC(=O)/C(=N\OC3(C(=O)O)CC3)c3csc(N)n3)C(=O)N2S(=O)(=O)O)n1. The molecule has 3 heterocycles. The van der Waals surface area contributed by atoms with E-state index in [-0.39, 0.29) is 46.8 Å². The van der Waals surface area contributed by atoms with E-state index in [9.17, 15) is 32.5 Å².